The number of anilines is 1. The molecule has 0 atom stereocenters. The maximum absolute atomic E-state index is 11.8. The second-order valence-corrected chi connectivity index (χ2v) is 4.08. The summed E-state index contributed by atoms with van der Waals surface area (Å²) >= 11 is 0. The average Bonchev–Trinajstić information content (AvgIpc) is 2.26. The highest BCUT2D eigenvalue weighted by Crippen LogP contribution is 2.13. The smallest absolute Gasteiger partial charge is 0.251 e. The van der Waals surface area contributed by atoms with Crippen LogP contribution in [0.2, 0.25) is 0 Å². The summed E-state index contributed by atoms with van der Waals surface area (Å²) in [7, 11) is 3.90. The molecule has 1 amide bonds. The van der Waals surface area contributed by atoms with Gasteiger partial charge in [-0.3, -0.25) is 4.79 Å². The summed E-state index contributed by atoms with van der Waals surface area (Å²) in [6.45, 7) is 6.15. The van der Waals surface area contributed by atoms with Crippen molar-refractivity contribution >= 4 is 11.6 Å². The van der Waals surface area contributed by atoms with Crippen molar-refractivity contribution in [2.75, 3.05) is 25.5 Å². The molecule has 86 valence electrons. The number of hydrogen-bond donors (Lipinski definition) is 1. The minimum atomic E-state index is -0.0632. The van der Waals surface area contributed by atoms with Gasteiger partial charge in [-0.25, -0.2) is 0 Å². The number of nitrogens with one attached hydrogen (secondary N) is 1. The van der Waals surface area contributed by atoms with Crippen molar-refractivity contribution in [2.24, 2.45) is 0 Å². The fourth-order valence-electron chi connectivity index (χ4n) is 1.26. The number of carbonyl (C=O) groups excluding carboxylic acids is 1. The Bertz CT molecular complexity index is 397. The van der Waals surface area contributed by atoms with Crippen LogP contribution >= 0.6 is 0 Å². The van der Waals surface area contributed by atoms with Gasteiger partial charge in [0.1, 0.15) is 0 Å². The monoisotopic (exact) mass is 218 g/mol. The molecule has 0 fully saturated rings. The van der Waals surface area contributed by atoms with E-state index in [0.29, 0.717) is 12.1 Å². The number of nitrogens with zero attached hydrogens (tertiary/aromatic N) is 1. The molecule has 1 rings (SSSR count). The Kier molecular flexibility index (Phi) is 4.11. The molecule has 0 bridgehead atoms. The highest BCUT2D eigenvalue weighted by Gasteiger charge is 2.05. The van der Waals surface area contributed by atoms with E-state index in [2.05, 4.69) is 11.9 Å². The number of hydrogen-bond acceptors (Lipinski definition) is 2. The zero-order valence-corrected chi connectivity index (χ0v) is 10.1. The van der Waals surface area contributed by atoms with E-state index in [1.165, 1.54) is 0 Å². The molecule has 3 nitrogen and oxygen atoms in total. The average molecular weight is 218 g/mol. The van der Waals surface area contributed by atoms with Gasteiger partial charge >= 0.3 is 0 Å². The van der Waals surface area contributed by atoms with Crippen LogP contribution in [-0.4, -0.2) is 26.5 Å². The molecule has 0 saturated carbocycles. The van der Waals surface area contributed by atoms with Gasteiger partial charge in [0.2, 0.25) is 0 Å². The predicted octanol–water partition coefficient (Wildman–Crippen LogP) is 2.06. The summed E-state index contributed by atoms with van der Waals surface area (Å²) in [5.41, 5.74) is 2.63. The molecule has 0 aliphatic heterocycles. The van der Waals surface area contributed by atoms with Gasteiger partial charge in [-0.2, -0.15) is 0 Å². The number of amides is 1. The van der Waals surface area contributed by atoms with Crippen molar-refractivity contribution in [3.63, 3.8) is 0 Å². The molecule has 0 spiro atoms. The minimum Gasteiger partial charge on any atom is -0.378 e. The van der Waals surface area contributed by atoms with E-state index in [1.54, 1.807) is 6.07 Å². The Labute approximate surface area is 96.8 Å². The van der Waals surface area contributed by atoms with Crippen LogP contribution in [0.5, 0.6) is 0 Å². The Morgan fingerprint density at radius 1 is 1.44 bits per heavy atom. The predicted molar refractivity (Wildman–Crippen MR) is 67.9 cm³/mol. The highest BCUT2D eigenvalue weighted by atomic mass is 16.1. The molecule has 3 heteroatoms. The molecule has 0 aliphatic rings. The van der Waals surface area contributed by atoms with Crippen molar-refractivity contribution in [2.45, 2.75) is 6.92 Å². The minimum absolute atomic E-state index is 0.0632. The van der Waals surface area contributed by atoms with Gasteiger partial charge < -0.3 is 10.2 Å². The summed E-state index contributed by atoms with van der Waals surface area (Å²) in [6.07, 6.45) is 0. The Hall–Kier alpha value is -1.77. The fraction of sp³-hybridized carbons (Fsp3) is 0.308. The van der Waals surface area contributed by atoms with Crippen molar-refractivity contribution < 1.29 is 4.79 Å². The molecule has 0 radical (unpaired) electrons. The van der Waals surface area contributed by atoms with Crippen LogP contribution < -0.4 is 10.2 Å². The van der Waals surface area contributed by atoms with Crippen LogP contribution in [0, 0.1) is 0 Å². The molecule has 1 aromatic rings. The Morgan fingerprint density at radius 3 is 2.69 bits per heavy atom. The van der Waals surface area contributed by atoms with E-state index >= 15 is 0 Å². The van der Waals surface area contributed by atoms with Gasteiger partial charge in [0, 0.05) is 31.9 Å². The van der Waals surface area contributed by atoms with E-state index in [4.69, 9.17) is 0 Å². The van der Waals surface area contributed by atoms with Gasteiger partial charge in [-0.05, 0) is 25.1 Å². The third kappa shape index (κ3) is 3.42. The van der Waals surface area contributed by atoms with E-state index in [0.717, 1.165) is 11.3 Å². The van der Waals surface area contributed by atoms with Crippen molar-refractivity contribution in [1.82, 2.24) is 5.32 Å². The number of carbonyl (C=O) groups is 1. The van der Waals surface area contributed by atoms with Crippen LogP contribution in [0.3, 0.4) is 0 Å². The standard InChI is InChI=1S/C13H18N2O/c1-10(2)9-14-13(16)11-6-5-7-12(8-11)15(3)4/h5-8H,1,9H2,2-4H3,(H,14,16). The molecule has 0 heterocycles. The van der Waals surface area contributed by atoms with Crippen molar-refractivity contribution in [3.05, 3.63) is 42.0 Å². The van der Waals surface area contributed by atoms with Crippen molar-refractivity contribution in [1.29, 1.82) is 0 Å². The first-order chi connectivity index (χ1) is 7.50. The largest absolute Gasteiger partial charge is 0.378 e. The molecule has 1 N–H and O–H groups in total. The van der Waals surface area contributed by atoms with Gasteiger partial charge in [-0.1, -0.05) is 18.2 Å². The van der Waals surface area contributed by atoms with Gasteiger partial charge in [-0.15, -0.1) is 0 Å². The topological polar surface area (TPSA) is 32.3 Å². The van der Waals surface area contributed by atoms with E-state index in [-0.39, 0.29) is 5.91 Å². The normalized spacial score (nSPS) is 9.69. The fourth-order valence-corrected chi connectivity index (χ4v) is 1.26. The SMILES string of the molecule is C=C(C)CNC(=O)c1cccc(N(C)C)c1. The molecule has 0 aromatic heterocycles. The zero-order chi connectivity index (χ0) is 12.1. The summed E-state index contributed by atoms with van der Waals surface area (Å²) < 4.78 is 0. The number of rotatable bonds is 4. The lowest BCUT2D eigenvalue weighted by molar-refractivity contribution is 0.0957. The summed E-state index contributed by atoms with van der Waals surface area (Å²) in [5, 5.41) is 2.81. The van der Waals surface area contributed by atoms with Crippen molar-refractivity contribution in [3.8, 4) is 0 Å². The molecular formula is C13H18N2O. The first kappa shape index (κ1) is 12.3. The summed E-state index contributed by atoms with van der Waals surface area (Å²) in [6, 6.07) is 7.52. The highest BCUT2D eigenvalue weighted by molar-refractivity contribution is 5.95. The summed E-state index contributed by atoms with van der Waals surface area (Å²) in [5.74, 6) is -0.0632. The maximum Gasteiger partial charge on any atom is 0.251 e. The van der Waals surface area contributed by atoms with Gasteiger partial charge in [0.25, 0.3) is 5.91 Å². The lowest BCUT2D eigenvalue weighted by Gasteiger charge is -2.13. The third-order valence-electron chi connectivity index (χ3n) is 2.18. The molecule has 0 aliphatic carbocycles. The lowest BCUT2D eigenvalue weighted by Crippen LogP contribution is -2.25. The quantitative estimate of drug-likeness (QED) is 0.784. The van der Waals surface area contributed by atoms with Crippen LogP contribution in [0.25, 0.3) is 0 Å². The van der Waals surface area contributed by atoms with E-state index < -0.39 is 0 Å². The van der Waals surface area contributed by atoms with Crippen LogP contribution in [0.1, 0.15) is 17.3 Å². The second-order valence-electron chi connectivity index (χ2n) is 4.08. The first-order valence-corrected chi connectivity index (χ1v) is 5.20. The van der Waals surface area contributed by atoms with Crippen LogP contribution in [0.15, 0.2) is 36.4 Å². The third-order valence-corrected chi connectivity index (χ3v) is 2.18. The van der Waals surface area contributed by atoms with Gasteiger partial charge in [0.05, 0.1) is 0 Å². The van der Waals surface area contributed by atoms with E-state index in [9.17, 15) is 4.79 Å². The van der Waals surface area contributed by atoms with E-state index in [1.807, 2.05) is 44.1 Å². The van der Waals surface area contributed by atoms with Crippen LogP contribution in [-0.2, 0) is 0 Å². The Balaban J connectivity index is 2.75. The molecule has 0 unspecified atom stereocenters. The van der Waals surface area contributed by atoms with Crippen LogP contribution in [0.4, 0.5) is 5.69 Å². The Morgan fingerprint density at radius 2 is 2.12 bits per heavy atom. The van der Waals surface area contributed by atoms with Gasteiger partial charge in [0.15, 0.2) is 0 Å². The molecule has 1 aromatic carbocycles. The molecular weight excluding hydrogens is 200 g/mol. The molecule has 0 saturated heterocycles. The zero-order valence-electron chi connectivity index (χ0n) is 10.1. The lowest BCUT2D eigenvalue weighted by atomic mass is 10.2. The molecule has 16 heavy (non-hydrogen) atoms. The first-order valence-electron chi connectivity index (χ1n) is 5.20. The number of benzene rings is 1. The summed E-state index contributed by atoms with van der Waals surface area (Å²) in [4.78, 5) is 13.7. The maximum atomic E-state index is 11.8. The second kappa shape index (κ2) is 5.35.